The number of ether oxygens (including phenoxy) is 2. The Morgan fingerprint density at radius 1 is 1.33 bits per heavy atom. The van der Waals surface area contributed by atoms with E-state index in [0.717, 1.165) is 0 Å². The fraction of sp³-hybridized carbons (Fsp3) is 0.588. The van der Waals surface area contributed by atoms with E-state index < -0.39 is 11.8 Å². The molecule has 0 bridgehead atoms. The molecular weight excluding hydrogens is 271 g/mol. The third-order valence-corrected chi connectivity index (χ3v) is 4.06. The smallest absolute Gasteiger partial charge is 0.341 e. The van der Waals surface area contributed by atoms with Crippen molar-refractivity contribution in [3.05, 3.63) is 35.6 Å². The van der Waals surface area contributed by atoms with Gasteiger partial charge in [0.1, 0.15) is 11.9 Å². The summed E-state index contributed by atoms with van der Waals surface area (Å²) in [4.78, 5) is 12.0. The number of hydrogen-bond acceptors (Lipinski definition) is 3. The minimum Gasteiger partial charge on any atom is -0.458 e. The van der Waals surface area contributed by atoms with Crippen LogP contribution in [0.5, 0.6) is 0 Å². The normalized spacial score (nSPS) is 23.7. The molecule has 1 fully saturated rings. The molecule has 0 spiro atoms. The molecule has 0 amide bonds. The lowest BCUT2D eigenvalue weighted by Crippen LogP contribution is -2.56. The first-order valence-electron chi connectivity index (χ1n) is 7.39. The van der Waals surface area contributed by atoms with Gasteiger partial charge in [0.15, 0.2) is 0 Å². The number of esters is 1. The quantitative estimate of drug-likeness (QED) is 0.774. The molecule has 2 rings (SSSR count). The molecule has 1 saturated carbocycles. The summed E-state index contributed by atoms with van der Waals surface area (Å²) < 4.78 is 24.8. The van der Waals surface area contributed by atoms with Crippen LogP contribution < -0.4 is 0 Å². The van der Waals surface area contributed by atoms with Crippen LogP contribution in [0.4, 0.5) is 4.39 Å². The van der Waals surface area contributed by atoms with E-state index in [-0.39, 0.29) is 23.2 Å². The van der Waals surface area contributed by atoms with Crippen LogP contribution in [0.1, 0.15) is 44.5 Å². The molecule has 0 heterocycles. The monoisotopic (exact) mass is 294 g/mol. The topological polar surface area (TPSA) is 35.5 Å². The van der Waals surface area contributed by atoms with Crippen molar-refractivity contribution in [3.8, 4) is 0 Å². The Hall–Kier alpha value is -1.42. The van der Waals surface area contributed by atoms with Gasteiger partial charge in [0.25, 0.3) is 0 Å². The standard InChI is InChI=1S/C17H23FO3/c1-11(2)10-20-14-9-15(17(14,3)4)21-16(19)12-7-5-6-8-13(12)18/h5-8,11,14-15H,9-10H2,1-4H3/t14-,15-/m0/s1. The number of rotatable bonds is 5. The van der Waals surface area contributed by atoms with E-state index in [1.165, 1.54) is 12.1 Å². The number of benzene rings is 1. The lowest BCUT2D eigenvalue weighted by Gasteiger charge is -2.50. The lowest BCUT2D eigenvalue weighted by atomic mass is 9.66. The highest BCUT2D eigenvalue weighted by molar-refractivity contribution is 5.89. The van der Waals surface area contributed by atoms with Crippen molar-refractivity contribution >= 4 is 5.97 Å². The van der Waals surface area contributed by atoms with Gasteiger partial charge in [0.2, 0.25) is 0 Å². The van der Waals surface area contributed by atoms with E-state index in [1.807, 2.05) is 13.8 Å². The molecule has 116 valence electrons. The summed E-state index contributed by atoms with van der Waals surface area (Å²) in [5.74, 6) is -0.679. The van der Waals surface area contributed by atoms with Gasteiger partial charge in [-0.3, -0.25) is 0 Å². The highest BCUT2D eigenvalue weighted by Gasteiger charge is 2.51. The van der Waals surface area contributed by atoms with E-state index in [2.05, 4.69) is 13.8 Å². The molecule has 2 atom stereocenters. The van der Waals surface area contributed by atoms with Crippen LogP contribution in [0.15, 0.2) is 24.3 Å². The highest BCUT2D eigenvalue weighted by atomic mass is 19.1. The zero-order valence-corrected chi connectivity index (χ0v) is 13.1. The zero-order chi connectivity index (χ0) is 15.6. The molecule has 0 aliphatic heterocycles. The summed E-state index contributed by atoms with van der Waals surface area (Å²) in [7, 11) is 0. The second-order valence-corrected chi connectivity index (χ2v) is 6.65. The van der Waals surface area contributed by atoms with Crippen LogP contribution in [-0.2, 0) is 9.47 Å². The highest BCUT2D eigenvalue weighted by Crippen LogP contribution is 2.45. The molecule has 1 aromatic rings. The van der Waals surface area contributed by atoms with Crippen LogP contribution >= 0.6 is 0 Å². The van der Waals surface area contributed by atoms with Gasteiger partial charge in [-0.05, 0) is 18.1 Å². The lowest BCUT2D eigenvalue weighted by molar-refractivity contribution is -0.180. The number of halogens is 1. The SMILES string of the molecule is CC(C)CO[C@H]1C[C@H](OC(=O)c2ccccc2F)C1(C)C. The maximum Gasteiger partial charge on any atom is 0.341 e. The Balaban J connectivity index is 1.93. The van der Waals surface area contributed by atoms with Gasteiger partial charge in [0.05, 0.1) is 11.7 Å². The molecule has 1 aliphatic carbocycles. The van der Waals surface area contributed by atoms with Crippen molar-refractivity contribution in [2.45, 2.75) is 46.3 Å². The Labute approximate surface area is 125 Å². The minimum atomic E-state index is -0.603. The minimum absolute atomic E-state index is 0.0140. The largest absolute Gasteiger partial charge is 0.458 e. The van der Waals surface area contributed by atoms with Gasteiger partial charge in [-0.15, -0.1) is 0 Å². The summed E-state index contributed by atoms with van der Waals surface area (Å²) in [5, 5.41) is 0. The average molecular weight is 294 g/mol. The fourth-order valence-corrected chi connectivity index (χ4v) is 2.46. The average Bonchev–Trinajstić information content (AvgIpc) is 2.41. The van der Waals surface area contributed by atoms with Crippen molar-refractivity contribution in [3.63, 3.8) is 0 Å². The Kier molecular flexibility index (Phi) is 4.67. The summed E-state index contributed by atoms with van der Waals surface area (Å²) in [6.45, 7) is 8.92. The van der Waals surface area contributed by atoms with Crippen molar-refractivity contribution in [1.82, 2.24) is 0 Å². The van der Waals surface area contributed by atoms with Gasteiger partial charge in [-0.2, -0.15) is 0 Å². The van der Waals surface area contributed by atoms with Gasteiger partial charge in [0, 0.05) is 18.4 Å². The third-order valence-electron chi connectivity index (χ3n) is 4.06. The Morgan fingerprint density at radius 3 is 2.57 bits per heavy atom. The summed E-state index contributed by atoms with van der Waals surface area (Å²) in [5.41, 5.74) is -0.254. The van der Waals surface area contributed by atoms with E-state index in [9.17, 15) is 9.18 Å². The Morgan fingerprint density at radius 2 is 2.00 bits per heavy atom. The third kappa shape index (κ3) is 3.43. The Bertz CT molecular complexity index is 511. The fourth-order valence-electron chi connectivity index (χ4n) is 2.46. The first kappa shape index (κ1) is 16.0. The second kappa shape index (κ2) is 6.14. The van der Waals surface area contributed by atoms with Crippen LogP contribution in [0, 0.1) is 17.2 Å². The van der Waals surface area contributed by atoms with Gasteiger partial charge in [-0.25, -0.2) is 9.18 Å². The van der Waals surface area contributed by atoms with Crippen molar-refractivity contribution in [2.24, 2.45) is 11.3 Å². The van der Waals surface area contributed by atoms with E-state index in [4.69, 9.17) is 9.47 Å². The van der Waals surface area contributed by atoms with Crippen LogP contribution in [0.3, 0.4) is 0 Å². The zero-order valence-electron chi connectivity index (χ0n) is 13.1. The molecule has 21 heavy (non-hydrogen) atoms. The molecule has 1 aromatic carbocycles. The molecule has 4 heteroatoms. The van der Waals surface area contributed by atoms with E-state index in [1.54, 1.807) is 12.1 Å². The molecule has 3 nitrogen and oxygen atoms in total. The number of hydrogen-bond donors (Lipinski definition) is 0. The van der Waals surface area contributed by atoms with Gasteiger partial charge >= 0.3 is 5.97 Å². The van der Waals surface area contributed by atoms with Crippen LogP contribution in [-0.4, -0.2) is 24.8 Å². The number of carbonyl (C=O) groups is 1. The predicted molar refractivity (Wildman–Crippen MR) is 78.6 cm³/mol. The molecule has 0 unspecified atom stereocenters. The molecule has 0 N–H and O–H groups in total. The maximum atomic E-state index is 13.6. The summed E-state index contributed by atoms with van der Waals surface area (Å²) in [6.07, 6.45) is 0.514. The van der Waals surface area contributed by atoms with E-state index in [0.29, 0.717) is 18.9 Å². The molecule has 1 aliphatic rings. The molecule has 0 aromatic heterocycles. The number of carbonyl (C=O) groups excluding carboxylic acids is 1. The second-order valence-electron chi connectivity index (χ2n) is 6.65. The summed E-state index contributed by atoms with van der Waals surface area (Å²) >= 11 is 0. The van der Waals surface area contributed by atoms with Crippen molar-refractivity contribution < 1.29 is 18.7 Å². The predicted octanol–water partition coefficient (Wildman–Crippen LogP) is 3.82. The molecule has 0 saturated heterocycles. The van der Waals surface area contributed by atoms with Crippen LogP contribution in [0.25, 0.3) is 0 Å². The molecular formula is C17H23FO3. The van der Waals surface area contributed by atoms with Crippen LogP contribution in [0.2, 0.25) is 0 Å². The summed E-state index contributed by atoms with van der Waals surface area (Å²) in [6, 6.07) is 5.88. The van der Waals surface area contributed by atoms with Crippen molar-refractivity contribution in [1.29, 1.82) is 0 Å². The first-order valence-corrected chi connectivity index (χ1v) is 7.39. The molecule has 0 radical (unpaired) electrons. The van der Waals surface area contributed by atoms with E-state index >= 15 is 0 Å². The first-order chi connectivity index (χ1) is 9.82. The van der Waals surface area contributed by atoms with Crippen molar-refractivity contribution in [2.75, 3.05) is 6.61 Å². The maximum absolute atomic E-state index is 13.6. The van der Waals surface area contributed by atoms with Gasteiger partial charge in [-0.1, -0.05) is 39.8 Å². The van der Waals surface area contributed by atoms with Gasteiger partial charge < -0.3 is 9.47 Å².